The third-order valence-electron chi connectivity index (χ3n) is 9.49. The summed E-state index contributed by atoms with van der Waals surface area (Å²) in [4.78, 5) is 43.5. The third kappa shape index (κ3) is 6.44. The van der Waals surface area contributed by atoms with Crippen LogP contribution in [0.25, 0.3) is 16.7 Å². The van der Waals surface area contributed by atoms with E-state index in [1.165, 1.54) is 43.5 Å². The maximum absolute atomic E-state index is 13.9. The number of carbonyl (C=O) groups excluding carboxylic acids is 2. The average Bonchev–Trinajstić information content (AvgIpc) is 3.49. The Morgan fingerprint density at radius 1 is 0.875 bits per heavy atom. The molecule has 2 fully saturated rings. The molecule has 7 rings (SSSR count). The summed E-state index contributed by atoms with van der Waals surface area (Å²) in [5, 5.41) is 21.1. The second-order valence-electron chi connectivity index (χ2n) is 12.8. The normalized spacial score (nSPS) is 19.4. The van der Waals surface area contributed by atoms with Gasteiger partial charge >= 0.3 is 5.97 Å². The van der Waals surface area contributed by atoms with Crippen LogP contribution in [0.15, 0.2) is 97.2 Å². The van der Waals surface area contributed by atoms with E-state index in [0.717, 1.165) is 35.3 Å². The monoisotopic (exact) mass is 643 g/mol. The van der Waals surface area contributed by atoms with Gasteiger partial charge in [-0.2, -0.15) is 5.10 Å². The molecular formula is C38H37N5O5. The van der Waals surface area contributed by atoms with E-state index in [0.29, 0.717) is 29.3 Å². The molecule has 3 N–H and O–H groups in total. The minimum Gasteiger partial charge on any atom is -0.478 e. The Hall–Kier alpha value is -5.35. The Balaban J connectivity index is 1.14. The fourth-order valence-corrected chi connectivity index (χ4v) is 6.87. The number of pyridine rings is 1. The van der Waals surface area contributed by atoms with Crippen molar-refractivity contribution in [2.24, 2.45) is 0 Å². The zero-order chi connectivity index (χ0) is 33.1. The van der Waals surface area contributed by atoms with Crippen LogP contribution < -0.4 is 10.6 Å². The van der Waals surface area contributed by atoms with Crippen LogP contribution in [0.3, 0.4) is 0 Å². The van der Waals surface area contributed by atoms with Gasteiger partial charge in [0.05, 0.1) is 29.5 Å². The lowest BCUT2D eigenvalue weighted by Gasteiger charge is -2.46. The summed E-state index contributed by atoms with van der Waals surface area (Å²) < 4.78 is 8.03. The number of nitrogens with zero attached hydrogens (tertiary/aromatic N) is 3. The highest BCUT2D eigenvalue weighted by molar-refractivity contribution is 6.05. The largest absolute Gasteiger partial charge is 0.478 e. The highest BCUT2D eigenvalue weighted by atomic mass is 16.5. The molecule has 3 aromatic carbocycles. The van der Waals surface area contributed by atoms with Crippen molar-refractivity contribution >= 4 is 34.4 Å². The second kappa shape index (κ2) is 13.4. The molecule has 244 valence electrons. The molecule has 5 aromatic rings. The van der Waals surface area contributed by atoms with E-state index in [1.54, 1.807) is 18.3 Å². The Morgan fingerprint density at radius 2 is 1.60 bits per heavy atom. The van der Waals surface area contributed by atoms with E-state index < -0.39 is 17.4 Å². The second-order valence-corrected chi connectivity index (χ2v) is 12.8. The summed E-state index contributed by atoms with van der Waals surface area (Å²) in [6.07, 6.45) is 7.83. The van der Waals surface area contributed by atoms with E-state index >= 15 is 0 Å². The number of carboxylic acids is 1. The summed E-state index contributed by atoms with van der Waals surface area (Å²) >= 11 is 0. The maximum Gasteiger partial charge on any atom is 0.335 e. The Morgan fingerprint density at radius 3 is 2.31 bits per heavy atom. The quantitative estimate of drug-likeness (QED) is 0.155. The molecule has 2 heterocycles. The molecule has 0 spiro atoms. The highest BCUT2D eigenvalue weighted by Crippen LogP contribution is 2.39. The van der Waals surface area contributed by atoms with Gasteiger partial charge < -0.3 is 20.5 Å². The smallest absolute Gasteiger partial charge is 0.335 e. The molecule has 0 bridgehead atoms. The predicted molar refractivity (Wildman–Crippen MR) is 181 cm³/mol. The minimum atomic E-state index is -1.22. The number of fused-ring (bicyclic) bond motifs is 1. The van der Waals surface area contributed by atoms with E-state index in [9.17, 15) is 19.5 Å². The van der Waals surface area contributed by atoms with Crippen LogP contribution >= 0.6 is 0 Å². The molecule has 2 aliphatic rings. The highest BCUT2D eigenvalue weighted by Gasteiger charge is 2.52. The molecule has 0 atom stereocenters. The lowest BCUT2D eigenvalue weighted by Crippen LogP contribution is -2.66. The summed E-state index contributed by atoms with van der Waals surface area (Å²) in [6, 6.07) is 27.0. The molecule has 2 aromatic heterocycles. The number of nitrogens with one attached hydrogen (secondary N) is 2. The summed E-state index contributed by atoms with van der Waals surface area (Å²) in [6.45, 7) is 0.396. The fraction of sp³-hybridized carbons (Fsp3) is 0.289. The van der Waals surface area contributed by atoms with Gasteiger partial charge in [-0.05, 0) is 66.9 Å². The maximum atomic E-state index is 13.9. The Labute approximate surface area is 278 Å². The first kappa shape index (κ1) is 31.3. The summed E-state index contributed by atoms with van der Waals surface area (Å²) in [5.74, 6) is -0.741. The molecule has 0 aliphatic heterocycles. The van der Waals surface area contributed by atoms with E-state index in [4.69, 9.17) is 9.84 Å². The number of aromatic nitrogens is 3. The van der Waals surface area contributed by atoms with Crippen molar-refractivity contribution in [3.05, 3.63) is 120 Å². The third-order valence-corrected chi connectivity index (χ3v) is 9.49. The number of benzene rings is 3. The van der Waals surface area contributed by atoms with Crippen LogP contribution in [0.2, 0.25) is 0 Å². The van der Waals surface area contributed by atoms with Crippen molar-refractivity contribution in [1.29, 1.82) is 0 Å². The zero-order valence-corrected chi connectivity index (χ0v) is 26.5. The number of amides is 2. The number of ether oxygens (including phenoxy) is 1. The van der Waals surface area contributed by atoms with Crippen LogP contribution in [0.4, 0.5) is 5.69 Å². The molecule has 2 aliphatic carbocycles. The molecule has 0 radical (unpaired) electrons. The van der Waals surface area contributed by atoms with Gasteiger partial charge in [-0.1, -0.05) is 61.7 Å². The summed E-state index contributed by atoms with van der Waals surface area (Å²) in [5.41, 5.74) is 2.56. The van der Waals surface area contributed by atoms with Crippen molar-refractivity contribution in [3.8, 4) is 5.82 Å². The fourth-order valence-electron chi connectivity index (χ4n) is 6.87. The van der Waals surface area contributed by atoms with Gasteiger partial charge in [0.2, 0.25) is 5.91 Å². The first-order valence-corrected chi connectivity index (χ1v) is 16.5. The van der Waals surface area contributed by atoms with Crippen LogP contribution in [0, 0.1) is 0 Å². The molecule has 2 amide bonds. The van der Waals surface area contributed by atoms with Crippen LogP contribution in [0.5, 0.6) is 0 Å². The van der Waals surface area contributed by atoms with Gasteiger partial charge in [0.15, 0.2) is 5.82 Å². The lowest BCUT2D eigenvalue weighted by molar-refractivity contribution is -0.135. The molecule has 0 unspecified atom stereocenters. The van der Waals surface area contributed by atoms with Gasteiger partial charge in [-0.3, -0.25) is 9.59 Å². The van der Waals surface area contributed by atoms with Gasteiger partial charge in [0.25, 0.3) is 5.91 Å². The standard InChI is InChI=1S/C38H37N5O5/c44-35(28-16-19-31-32(21-28)42-43(33-13-7-8-20-39-33)34(31)26-11-5-2-6-12-26)41-38(22-30(23-38)48-24-25-9-3-1-4-10-25)37(47)40-29-17-14-27(15-18-29)36(45)46/h1,3-4,7-10,13-21,26,30H,2,5-6,11-12,22-24H2,(H,40,47)(H,41,44)(H,45,46). The molecular weight excluding hydrogens is 606 g/mol. The number of hydrogen-bond acceptors (Lipinski definition) is 6. The Bertz CT molecular complexity index is 1930. The molecule has 10 nitrogen and oxygen atoms in total. The van der Waals surface area contributed by atoms with E-state index in [2.05, 4.69) is 15.6 Å². The lowest BCUT2D eigenvalue weighted by atomic mass is 9.73. The van der Waals surface area contributed by atoms with Gasteiger partial charge in [-0.25, -0.2) is 14.5 Å². The number of carbonyl (C=O) groups is 3. The SMILES string of the molecule is O=C(O)c1ccc(NC(=O)C2(NC(=O)c3ccc4c(C5CCCCC5)n(-c5ccccn5)nc4c3)CC(OCc3ccccc3)C2)cc1. The number of aromatic carboxylic acids is 1. The summed E-state index contributed by atoms with van der Waals surface area (Å²) in [7, 11) is 0. The number of hydrogen-bond donors (Lipinski definition) is 3. The minimum absolute atomic E-state index is 0.113. The van der Waals surface area contributed by atoms with E-state index in [-0.39, 0.29) is 30.4 Å². The van der Waals surface area contributed by atoms with Gasteiger partial charge in [0, 0.05) is 41.6 Å². The van der Waals surface area contributed by atoms with Crippen LogP contribution in [-0.2, 0) is 16.1 Å². The van der Waals surface area contributed by atoms with Crippen molar-refractivity contribution in [3.63, 3.8) is 0 Å². The number of anilines is 1. The number of carboxylic acid groups (broad SMARTS) is 1. The molecule has 10 heteroatoms. The first-order chi connectivity index (χ1) is 23.4. The average molecular weight is 644 g/mol. The molecule has 48 heavy (non-hydrogen) atoms. The van der Waals surface area contributed by atoms with Gasteiger partial charge in [0.1, 0.15) is 5.54 Å². The zero-order valence-electron chi connectivity index (χ0n) is 26.5. The Kier molecular flexibility index (Phi) is 8.73. The van der Waals surface area contributed by atoms with Crippen molar-refractivity contribution in [2.45, 2.75) is 69.1 Å². The first-order valence-electron chi connectivity index (χ1n) is 16.5. The van der Waals surface area contributed by atoms with Crippen LogP contribution in [0.1, 0.15) is 82.8 Å². The predicted octanol–water partition coefficient (Wildman–Crippen LogP) is 6.65. The number of rotatable bonds is 10. The molecule has 2 saturated carbocycles. The topological polar surface area (TPSA) is 135 Å². The van der Waals surface area contributed by atoms with Crippen molar-refractivity contribution in [2.75, 3.05) is 5.32 Å². The van der Waals surface area contributed by atoms with Crippen molar-refractivity contribution in [1.82, 2.24) is 20.1 Å². The molecule has 0 saturated heterocycles. The van der Waals surface area contributed by atoms with E-state index in [1.807, 2.05) is 59.3 Å². The van der Waals surface area contributed by atoms with Crippen LogP contribution in [-0.4, -0.2) is 49.3 Å². The van der Waals surface area contributed by atoms with Crippen molar-refractivity contribution < 1.29 is 24.2 Å². The van der Waals surface area contributed by atoms with Gasteiger partial charge in [-0.15, -0.1) is 0 Å².